The van der Waals surface area contributed by atoms with Gasteiger partial charge in [0, 0.05) is 12.8 Å². The van der Waals surface area contributed by atoms with Crippen molar-refractivity contribution in [3.63, 3.8) is 0 Å². The molecule has 2 aromatic rings. The second-order valence-corrected chi connectivity index (χ2v) is 8.59. The maximum atomic E-state index is 11.8. The molecule has 2 N–H and O–H groups in total. The van der Waals surface area contributed by atoms with Gasteiger partial charge in [0.25, 0.3) is 0 Å². The van der Waals surface area contributed by atoms with Crippen molar-refractivity contribution in [1.82, 2.24) is 20.8 Å². The Hall–Kier alpha value is -1.78. The summed E-state index contributed by atoms with van der Waals surface area (Å²) >= 11 is 4.29. The van der Waals surface area contributed by atoms with Gasteiger partial charge in [-0.2, -0.15) is 0 Å². The van der Waals surface area contributed by atoms with Gasteiger partial charge >= 0.3 is 6.03 Å². The fourth-order valence-electron chi connectivity index (χ4n) is 1.65. The van der Waals surface area contributed by atoms with Gasteiger partial charge in [0.2, 0.25) is 5.91 Å². The number of carbonyl (C=O) groups excluding carboxylic acids is 2. The van der Waals surface area contributed by atoms with Crippen LogP contribution in [0.2, 0.25) is 0 Å². The minimum absolute atomic E-state index is 0.369. The summed E-state index contributed by atoms with van der Waals surface area (Å²) in [5, 5.41) is 12.4. The van der Waals surface area contributed by atoms with Crippen LogP contribution in [0.15, 0.2) is 32.9 Å². The number of methoxy groups -OCH3 is 1. The summed E-state index contributed by atoms with van der Waals surface area (Å²) in [5.41, 5.74) is 1.16. The highest BCUT2D eigenvalue weighted by molar-refractivity contribution is 8.03. The number of hydrogen-bond acceptors (Lipinski definition) is 8. The van der Waals surface area contributed by atoms with Crippen LogP contribution in [-0.2, 0) is 10.5 Å². The van der Waals surface area contributed by atoms with E-state index in [0.717, 1.165) is 21.4 Å². The number of aromatic nitrogens is 2. The molecule has 0 saturated carbocycles. The summed E-state index contributed by atoms with van der Waals surface area (Å²) in [6, 6.07) is 7.33. The molecule has 0 fully saturated rings. The fraction of sp³-hybridized carbons (Fsp3) is 0.333. The molecule has 7 nitrogen and oxygen atoms in total. The lowest BCUT2D eigenvalue weighted by atomic mass is 10.2. The van der Waals surface area contributed by atoms with Crippen LogP contribution in [0.4, 0.5) is 4.79 Å². The van der Waals surface area contributed by atoms with E-state index in [0.29, 0.717) is 4.34 Å². The molecule has 0 radical (unpaired) electrons. The molecule has 0 aliphatic rings. The van der Waals surface area contributed by atoms with E-state index in [2.05, 4.69) is 20.8 Å². The summed E-state index contributed by atoms with van der Waals surface area (Å²) in [6.07, 6.45) is 0. The molecule has 0 aliphatic heterocycles. The molecule has 1 aromatic carbocycles. The second kappa shape index (κ2) is 9.64. The summed E-state index contributed by atoms with van der Waals surface area (Å²) in [7, 11) is 3.09. The molecule has 10 heteroatoms. The number of amides is 3. The SMILES string of the molecule is CNC(=O)NC(=O)[C@@H](C)Sc1nnc(SCc2ccc(OC)cc2)s1. The number of thioether (sulfide) groups is 2. The molecule has 0 unspecified atom stereocenters. The lowest BCUT2D eigenvalue weighted by Gasteiger charge is -2.08. The number of benzene rings is 1. The monoisotopic (exact) mass is 398 g/mol. The number of imide groups is 1. The lowest BCUT2D eigenvalue weighted by Crippen LogP contribution is -2.41. The van der Waals surface area contributed by atoms with Crippen molar-refractivity contribution in [2.75, 3.05) is 14.2 Å². The first-order valence-corrected chi connectivity index (χ1v) is 9.98. The van der Waals surface area contributed by atoms with Gasteiger partial charge in [-0.3, -0.25) is 10.1 Å². The smallest absolute Gasteiger partial charge is 0.321 e. The number of urea groups is 1. The molecule has 2 rings (SSSR count). The third kappa shape index (κ3) is 6.22. The first-order valence-electron chi connectivity index (χ1n) is 7.30. The Morgan fingerprint density at radius 2 is 1.92 bits per heavy atom. The molecular formula is C15H18N4O3S3. The highest BCUT2D eigenvalue weighted by Crippen LogP contribution is 2.32. The molecule has 0 saturated heterocycles. The quantitative estimate of drug-likeness (QED) is 0.693. The van der Waals surface area contributed by atoms with Gasteiger partial charge < -0.3 is 10.1 Å². The third-order valence-corrected chi connectivity index (χ3v) is 6.33. The number of carbonyl (C=O) groups is 2. The van der Waals surface area contributed by atoms with E-state index in [1.807, 2.05) is 24.3 Å². The molecule has 134 valence electrons. The Kier molecular flexibility index (Phi) is 7.53. The molecular weight excluding hydrogens is 380 g/mol. The number of rotatable bonds is 7. The maximum absolute atomic E-state index is 11.8. The van der Waals surface area contributed by atoms with Crippen molar-refractivity contribution in [3.05, 3.63) is 29.8 Å². The van der Waals surface area contributed by atoms with Crippen molar-refractivity contribution >= 4 is 46.8 Å². The van der Waals surface area contributed by atoms with Gasteiger partial charge in [-0.15, -0.1) is 10.2 Å². The van der Waals surface area contributed by atoms with Crippen molar-refractivity contribution in [1.29, 1.82) is 0 Å². The average molecular weight is 399 g/mol. The van der Waals surface area contributed by atoms with Crippen molar-refractivity contribution in [2.24, 2.45) is 0 Å². The van der Waals surface area contributed by atoms with Crippen LogP contribution in [0.25, 0.3) is 0 Å². The van der Waals surface area contributed by atoms with Gasteiger partial charge in [-0.05, 0) is 24.6 Å². The van der Waals surface area contributed by atoms with Crippen LogP contribution in [0, 0.1) is 0 Å². The second-order valence-electron chi connectivity index (χ2n) is 4.80. The molecule has 25 heavy (non-hydrogen) atoms. The van der Waals surface area contributed by atoms with Gasteiger partial charge in [0.15, 0.2) is 8.68 Å². The molecule has 1 aromatic heterocycles. The number of ether oxygens (including phenoxy) is 1. The van der Waals surface area contributed by atoms with Crippen LogP contribution < -0.4 is 15.4 Å². The topological polar surface area (TPSA) is 93.2 Å². The van der Waals surface area contributed by atoms with E-state index < -0.39 is 11.3 Å². The standard InChI is InChI=1S/C15H18N4O3S3/c1-9(12(20)17-13(21)16-2)24-15-19-18-14(25-15)23-8-10-4-6-11(22-3)7-5-10/h4-7,9H,8H2,1-3H3,(H2,16,17,20,21)/t9-/m1/s1. The molecule has 1 heterocycles. The Labute approximate surface area is 158 Å². The molecule has 0 aliphatic carbocycles. The average Bonchev–Trinajstić information content (AvgIpc) is 3.07. The van der Waals surface area contributed by atoms with Crippen molar-refractivity contribution < 1.29 is 14.3 Å². The zero-order chi connectivity index (χ0) is 18.2. The highest BCUT2D eigenvalue weighted by atomic mass is 32.2. The Bertz CT molecular complexity index is 721. The Morgan fingerprint density at radius 3 is 2.56 bits per heavy atom. The summed E-state index contributed by atoms with van der Waals surface area (Å²) in [4.78, 5) is 23.0. The van der Waals surface area contributed by atoms with Gasteiger partial charge in [0.1, 0.15) is 5.75 Å². The predicted octanol–water partition coefficient (Wildman–Crippen LogP) is 2.78. The minimum atomic E-state index is -0.523. The molecule has 0 bridgehead atoms. The highest BCUT2D eigenvalue weighted by Gasteiger charge is 2.18. The largest absolute Gasteiger partial charge is 0.497 e. The van der Waals surface area contributed by atoms with Crippen LogP contribution >= 0.6 is 34.9 Å². The zero-order valence-electron chi connectivity index (χ0n) is 13.9. The van der Waals surface area contributed by atoms with Gasteiger partial charge in [-0.25, -0.2) is 4.79 Å². The van der Waals surface area contributed by atoms with E-state index in [4.69, 9.17) is 4.74 Å². The van der Waals surface area contributed by atoms with E-state index >= 15 is 0 Å². The number of nitrogens with one attached hydrogen (secondary N) is 2. The Balaban J connectivity index is 1.84. The minimum Gasteiger partial charge on any atom is -0.497 e. The number of hydrogen-bond donors (Lipinski definition) is 2. The first kappa shape index (κ1) is 19.5. The maximum Gasteiger partial charge on any atom is 0.321 e. The summed E-state index contributed by atoms with van der Waals surface area (Å²) in [6.45, 7) is 1.72. The van der Waals surface area contributed by atoms with Gasteiger partial charge in [-0.1, -0.05) is 47.0 Å². The molecule has 1 atom stereocenters. The summed E-state index contributed by atoms with van der Waals surface area (Å²) < 4.78 is 6.66. The van der Waals surface area contributed by atoms with Crippen LogP contribution in [0.5, 0.6) is 5.75 Å². The van der Waals surface area contributed by atoms with Crippen LogP contribution in [0.1, 0.15) is 12.5 Å². The lowest BCUT2D eigenvalue weighted by molar-refractivity contribution is -0.119. The van der Waals surface area contributed by atoms with E-state index in [1.54, 1.807) is 25.8 Å². The predicted molar refractivity (Wildman–Crippen MR) is 100 cm³/mol. The van der Waals surface area contributed by atoms with E-state index in [9.17, 15) is 9.59 Å². The van der Waals surface area contributed by atoms with Crippen LogP contribution in [0.3, 0.4) is 0 Å². The van der Waals surface area contributed by atoms with E-state index in [1.165, 1.54) is 30.1 Å². The van der Waals surface area contributed by atoms with Crippen LogP contribution in [-0.4, -0.2) is 41.5 Å². The van der Waals surface area contributed by atoms with E-state index in [-0.39, 0.29) is 5.91 Å². The third-order valence-electron chi connectivity index (χ3n) is 3.02. The molecule has 3 amide bonds. The van der Waals surface area contributed by atoms with Gasteiger partial charge in [0.05, 0.1) is 12.4 Å². The summed E-state index contributed by atoms with van der Waals surface area (Å²) in [5.74, 6) is 1.23. The fourth-order valence-corrected chi connectivity index (χ4v) is 4.77. The molecule has 0 spiro atoms. The normalized spacial score (nSPS) is 11.6. The zero-order valence-corrected chi connectivity index (χ0v) is 16.4. The first-order chi connectivity index (χ1) is 12.0. The van der Waals surface area contributed by atoms with Crippen molar-refractivity contribution in [3.8, 4) is 5.75 Å². The Morgan fingerprint density at radius 1 is 1.24 bits per heavy atom. The number of nitrogens with zero attached hydrogens (tertiary/aromatic N) is 2. The van der Waals surface area contributed by atoms with Crippen molar-refractivity contribution in [2.45, 2.75) is 26.6 Å².